The molecule has 22 heavy (non-hydrogen) atoms. The second kappa shape index (κ2) is 6.05. The molecule has 1 heterocycles. The van der Waals surface area contributed by atoms with Gasteiger partial charge < -0.3 is 0 Å². The molecule has 3 nitrogen and oxygen atoms in total. The van der Waals surface area contributed by atoms with E-state index < -0.39 is 9.73 Å². The van der Waals surface area contributed by atoms with Crippen molar-refractivity contribution in [3.63, 3.8) is 0 Å². The van der Waals surface area contributed by atoms with Crippen molar-refractivity contribution in [3.8, 4) is 0 Å². The van der Waals surface area contributed by atoms with E-state index in [4.69, 9.17) is 4.78 Å². The molecule has 1 unspecified atom stereocenters. The topological polar surface area (TPSA) is 53.8 Å². The number of hydrogen-bond donors (Lipinski definition) is 1. The summed E-state index contributed by atoms with van der Waals surface area (Å²) >= 11 is 0. The first-order valence-corrected chi connectivity index (χ1v) is 8.88. The molecule has 0 fully saturated rings. The largest absolute Gasteiger partial charge is 0.264 e. The Labute approximate surface area is 133 Å². The SMILES string of the molecule is C=C(c1cccc(S(=N)(=O)Cc2cccnc2)c1)C(C)(C)C. The van der Waals surface area contributed by atoms with Crippen LogP contribution in [0.2, 0.25) is 0 Å². The Morgan fingerprint density at radius 2 is 2.00 bits per heavy atom. The molecule has 0 bridgehead atoms. The van der Waals surface area contributed by atoms with E-state index in [1.54, 1.807) is 24.5 Å². The van der Waals surface area contributed by atoms with Crippen LogP contribution in [-0.4, -0.2) is 9.19 Å². The van der Waals surface area contributed by atoms with Gasteiger partial charge >= 0.3 is 0 Å². The maximum atomic E-state index is 12.8. The van der Waals surface area contributed by atoms with Crippen molar-refractivity contribution in [1.82, 2.24) is 4.98 Å². The average molecular weight is 314 g/mol. The molecule has 1 atom stereocenters. The zero-order chi connectivity index (χ0) is 16.4. The number of rotatable bonds is 4. The van der Waals surface area contributed by atoms with Crippen molar-refractivity contribution in [2.45, 2.75) is 31.4 Å². The number of aromatic nitrogens is 1. The van der Waals surface area contributed by atoms with Crippen molar-refractivity contribution >= 4 is 15.3 Å². The van der Waals surface area contributed by atoms with Gasteiger partial charge in [-0.2, -0.15) is 0 Å². The minimum atomic E-state index is -2.90. The Balaban J connectivity index is 2.35. The van der Waals surface area contributed by atoms with Crippen LogP contribution in [0.3, 0.4) is 0 Å². The van der Waals surface area contributed by atoms with Gasteiger partial charge in [-0.15, -0.1) is 0 Å². The van der Waals surface area contributed by atoms with Crippen molar-refractivity contribution in [2.75, 3.05) is 0 Å². The number of hydrogen-bond acceptors (Lipinski definition) is 3. The maximum absolute atomic E-state index is 12.8. The highest BCUT2D eigenvalue weighted by Crippen LogP contribution is 2.33. The van der Waals surface area contributed by atoms with Gasteiger partial charge in [-0.3, -0.25) is 4.98 Å². The smallest absolute Gasteiger partial charge is 0.0768 e. The fraction of sp³-hybridized carbons (Fsp3) is 0.278. The van der Waals surface area contributed by atoms with Gasteiger partial charge in [0, 0.05) is 17.3 Å². The molecule has 4 heteroatoms. The lowest BCUT2D eigenvalue weighted by molar-refractivity contribution is 0.568. The molecule has 2 aromatic rings. The number of allylic oxidation sites excluding steroid dienone is 1. The van der Waals surface area contributed by atoms with Crippen LogP contribution in [-0.2, 0) is 15.5 Å². The normalized spacial score (nSPS) is 14.3. The Kier molecular flexibility index (Phi) is 4.52. The molecular weight excluding hydrogens is 292 g/mol. The molecule has 0 spiro atoms. The maximum Gasteiger partial charge on any atom is 0.0768 e. The number of nitrogens with zero attached hydrogens (tertiary/aromatic N) is 1. The number of nitrogens with one attached hydrogen (secondary N) is 1. The third-order valence-electron chi connectivity index (χ3n) is 3.56. The molecule has 0 saturated heterocycles. The standard InChI is InChI=1S/C18H22N2OS/c1-14(18(2,3)4)16-8-5-9-17(11-16)22(19,21)13-15-7-6-10-20-12-15/h5-12,19H,1,13H2,2-4H3. The van der Waals surface area contributed by atoms with Crippen LogP contribution in [0.15, 0.2) is 60.3 Å². The zero-order valence-corrected chi connectivity index (χ0v) is 14.1. The zero-order valence-electron chi connectivity index (χ0n) is 13.3. The lowest BCUT2D eigenvalue weighted by Crippen LogP contribution is -2.09. The molecule has 0 saturated carbocycles. The third kappa shape index (κ3) is 3.83. The summed E-state index contributed by atoms with van der Waals surface area (Å²) in [5.74, 6) is 0.173. The Morgan fingerprint density at radius 1 is 1.27 bits per heavy atom. The number of pyridine rings is 1. The molecule has 1 aromatic heterocycles. The van der Waals surface area contributed by atoms with E-state index in [2.05, 4.69) is 32.3 Å². The molecule has 0 amide bonds. The molecule has 1 aromatic carbocycles. The van der Waals surface area contributed by atoms with Crippen LogP contribution in [0.1, 0.15) is 31.9 Å². The van der Waals surface area contributed by atoms with Crippen LogP contribution < -0.4 is 0 Å². The lowest BCUT2D eigenvalue weighted by Gasteiger charge is -2.22. The fourth-order valence-corrected chi connectivity index (χ4v) is 3.55. The summed E-state index contributed by atoms with van der Waals surface area (Å²) in [6.07, 6.45) is 3.33. The van der Waals surface area contributed by atoms with Gasteiger partial charge in [-0.1, -0.05) is 45.5 Å². The van der Waals surface area contributed by atoms with Crippen molar-refractivity contribution < 1.29 is 4.21 Å². The van der Waals surface area contributed by atoms with Gasteiger partial charge in [0.25, 0.3) is 0 Å². The van der Waals surface area contributed by atoms with Crippen LogP contribution in [0, 0.1) is 10.2 Å². The summed E-state index contributed by atoms with van der Waals surface area (Å²) in [5, 5.41) is 0. The Morgan fingerprint density at radius 3 is 2.59 bits per heavy atom. The van der Waals surface area contributed by atoms with E-state index in [0.717, 1.165) is 16.7 Å². The van der Waals surface area contributed by atoms with Gasteiger partial charge in [0.05, 0.1) is 15.5 Å². The van der Waals surface area contributed by atoms with E-state index in [9.17, 15) is 4.21 Å². The summed E-state index contributed by atoms with van der Waals surface area (Å²) in [4.78, 5) is 4.56. The molecule has 116 valence electrons. The summed E-state index contributed by atoms with van der Waals surface area (Å²) < 4.78 is 21.1. The first-order chi connectivity index (χ1) is 10.2. The van der Waals surface area contributed by atoms with Gasteiger partial charge in [0.15, 0.2) is 0 Å². The van der Waals surface area contributed by atoms with Crippen LogP contribution in [0.4, 0.5) is 0 Å². The minimum absolute atomic E-state index is 0.0646. The number of benzene rings is 1. The fourth-order valence-electron chi connectivity index (χ4n) is 2.12. The molecule has 2 rings (SSSR count). The van der Waals surface area contributed by atoms with Gasteiger partial charge in [0.1, 0.15) is 0 Å². The van der Waals surface area contributed by atoms with E-state index in [-0.39, 0.29) is 11.2 Å². The Bertz CT molecular complexity index is 772. The van der Waals surface area contributed by atoms with E-state index in [0.29, 0.717) is 4.90 Å². The highest BCUT2D eigenvalue weighted by Gasteiger charge is 2.18. The highest BCUT2D eigenvalue weighted by atomic mass is 32.2. The first-order valence-electron chi connectivity index (χ1n) is 7.15. The molecule has 0 aliphatic rings. The molecular formula is C18H22N2OS. The highest BCUT2D eigenvalue weighted by molar-refractivity contribution is 7.91. The first kappa shape index (κ1) is 16.4. The Hall–Kier alpha value is -1.94. The van der Waals surface area contributed by atoms with Crippen LogP contribution in [0.5, 0.6) is 0 Å². The minimum Gasteiger partial charge on any atom is -0.264 e. The van der Waals surface area contributed by atoms with Crippen molar-refractivity contribution in [1.29, 1.82) is 4.78 Å². The lowest BCUT2D eigenvalue weighted by atomic mass is 9.83. The summed E-state index contributed by atoms with van der Waals surface area (Å²) in [5.41, 5.74) is 2.66. The van der Waals surface area contributed by atoms with Crippen molar-refractivity contribution in [2.24, 2.45) is 5.41 Å². The van der Waals surface area contributed by atoms with Crippen molar-refractivity contribution in [3.05, 3.63) is 66.5 Å². The monoisotopic (exact) mass is 314 g/mol. The second-order valence-electron chi connectivity index (χ2n) is 6.44. The van der Waals surface area contributed by atoms with E-state index >= 15 is 0 Å². The second-order valence-corrected chi connectivity index (χ2v) is 8.55. The van der Waals surface area contributed by atoms with Crippen LogP contribution >= 0.6 is 0 Å². The van der Waals surface area contributed by atoms with E-state index in [1.807, 2.05) is 24.3 Å². The molecule has 1 N–H and O–H groups in total. The van der Waals surface area contributed by atoms with Gasteiger partial charge in [-0.25, -0.2) is 8.99 Å². The third-order valence-corrected chi connectivity index (χ3v) is 5.32. The van der Waals surface area contributed by atoms with Gasteiger partial charge in [-0.05, 0) is 40.3 Å². The van der Waals surface area contributed by atoms with Crippen LogP contribution in [0.25, 0.3) is 5.57 Å². The quantitative estimate of drug-likeness (QED) is 0.885. The molecule has 0 aliphatic carbocycles. The predicted octanol–water partition coefficient (Wildman–Crippen LogP) is 4.75. The molecule has 0 aliphatic heterocycles. The van der Waals surface area contributed by atoms with E-state index in [1.165, 1.54) is 0 Å². The molecule has 0 radical (unpaired) electrons. The average Bonchev–Trinajstić information content (AvgIpc) is 2.46. The van der Waals surface area contributed by atoms with Gasteiger partial charge in [0.2, 0.25) is 0 Å². The summed E-state index contributed by atoms with van der Waals surface area (Å²) in [6.45, 7) is 10.4. The summed E-state index contributed by atoms with van der Waals surface area (Å²) in [7, 11) is -2.90. The predicted molar refractivity (Wildman–Crippen MR) is 92.0 cm³/mol. The summed E-state index contributed by atoms with van der Waals surface area (Å²) in [6, 6.07) is 11.0.